The van der Waals surface area contributed by atoms with Crippen LogP contribution in [0.4, 0.5) is 5.82 Å². The molecule has 0 spiro atoms. The van der Waals surface area contributed by atoms with Gasteiger partial charge in [0, 0.05) is 33.4 Å². The summed E-state index contributed by atoms with van der Waals surface area (Å²) in [7, 11) is 3.76. The number of aryl methyl sites for hydroxylation is 1. The number of hydrogen-bond donors (Lipinski definition) is 1. The van der Waals surface area contributed by atoms with Gasteiger partial charge in [-0.1, -0.05) is 6.92 Å². The number of likely N-dealkylation sites (N-methyl/N-ethyl adjacent to an activating group) is 1. The predicted molar refractivity (Wildman–Crippen MR) is 71.5 cm³/mol. The standard InChI is InChI=1S/C13H23N3O/c1-5-14-9-12-8-11(2)13(15-10-12)16(3)6-7-17-4/h8,10,14H,5-7,9H2,1-4H3. The third kappa shape index (κ3) is 4.32. The van der Waals surface area contributed by atoms with Crippen molar-refractivity contribution in [3.63, 3.8) is 0 Å². The van der Waals surface area contributed by atoms with E-state index in [1.165, 1.54) is 11.1 Å². The van der Waals surface area contributed by atoms with Gasteiger partial charge in [-0.3, -0.25) is 0 Å². The van der Waals surface area contributed by atoms with Crippen molar-refractivity contribution in [3.8, 4) is 0 Å². The van der Waals surface area contributed by atoms with Gasteiger partial charge in [-0.25, -0.2) is 4.98 Å². The van der Waals surface area contributed by atoms with E-state index in [0.717, 1.165) is 32.1 Å². The van der Waals surface area contributed by atoms with E-state index in [1.807, 2.05) is 13.2 Å². The Morgan fingerprint density at radius 1 is 1.47 bits per heavy atom. The van der Waals surface area contributed by atoms with Crippen LogP contribution in [0.2, 0.25) is 0 Å². The molecule has 1 aromatic rings. The summed E-state index contributed by atoms with van der Waals surface area (Å²) >= 11 is 0. The maximum absolute atomic E-state index is 5.07. The number of anilines is 1. The highest BCUT2D eigenvalue weighted by Gasteiger charge is 2.06. The summed E-state index contributed by atoms with van der Waals surface area (Å²) in [6.45, 7) is 7.64. The molecule has 0 saturated carbocycles. The van der Waals surface area contributed by atoms with Crippen molar-refractivity contribution in [2.24, 2.45) is 0 Å². The lowest BCUT2D eigenvalue weighted by molar-refractivity contribution is 0.206. The Kier molecular flexibility index (Phi) is 5.94. The number of ether oxygens (including phenoxy) is 1. The monoisotopic (exact) mass is 237 g/mol. The summed E-state index contributed by atoms with van der Waals surface area (Å²) in [5.74, 6) is 1.03. The van der Waals surface area contributed by atoms with Crippen LogP contribution in [0.1, 0.15) is 18.1 Å². The van der Waals surface area contributed by atoms with E-state index in [1.54, 1.807) is 7.11 Å². The first-order chi connectivity index (χ1) is 8.19. The lowest BCUT2D eigenvalue weighted by atomic mass is 10.2. The smallest absolute Gasteiger partial charge is 0.131 e. The third-order valence-corrected chi connectivity index (χ3v) is 2.68. The van der Waals surface area contributed by atoms with Crippen molar-refractivity contribution >= 4 is 5.82 Å². The molecule has 1 N–H and O–H groups in total. The zero-order valence-corrected chi connectivity index (χ0v) is 11.3. The lowest BCUT2D eigenvalue weighted by Crippen LogP contribution is -2.24. The molecule has 0 saturated heterocycles. The predicted octanol–water partition coefficient (Wildman–Crippen LogP) is 1.58. The molecule has 0 fully saturated rings. The van der Waals surface area contributed by atoms with Gasteiger partial charge in [0.15, 0.2) is 0 Å². The highest BCUT2D eigenvalue weighted by Crippen LogP contribution is 2.16. The minimum Gasteiger partial charge on any atom is -0.383 e. The maximum atomic E-state index is 5.07. The first-order valence-electron chi connectivity index (χ1n) is 6.05. The number of methoxy groups -OCH3 is 1. The average molecular weight is 237 g/mol. The van der Waals surface area contributed by atoms with Crippen LogP contribution < -0.4 is 10.2 Å². The molecule has 0 aliphatic carbocycles. The number of pyridine rings is 1. The molecule has 0 radical (unpaired) electrons. The zero-order chi connectivity index (χ0) is 12.7. The van der Waals surface area contributed by atoms with Crippen LogP contribution >= 0.6 is 0 Å². The van der Waals surface area contributed by atoms with Gasteiger partial charge in [-0.2, -0.15) is 0 Å². The van der Waals surface area contributed by atoms with Gasteiger partial charge in [0.25, 0.3) is 0 Å². The number of aromatic nitrogens is 1. The topological polar surface area (TPSA) is 37.4 Å². The summed E-state index contributed by atoms with van der Waals surface area (Å²) in [5, 5.41) is 3.30. The van der Waals surface area contributed by atoms with Crippen LogP contribution in [0, 0.1) is 6.92 Å². The van der Waals surface area contributed by atoms with Gasteiger partial charge in [-0.05, 0) is 30.7 Å². The number of nitrogens with one attached hydrogen (secondary N) is 1. The Hall–Kier alpha value is -1.13. The van der Waals surface area contributed by atoms with Crippen LogP contribution in [-0.4, -0.2) is 38.8 Å². The van der Waals surface area contributed by atoms with Crippen LogP contribution in [0.3, 0.4) is 0 Å². The van der Waals surface area contributed by atoms with E-state index in [-0.39, 0.29) is 0 Å². The molecule has 0 aliphatic heterocycles. The summed E-state index contributed by atoms with van der Waals surface area (Å²) in [5.41, 5.74) is 2.44. The van der Waals surface area contributed by atoms with Crippen molar-refractivity contribution in [1.82, 2.24) is 10.3 Å². The molecule has 0 unspecified atom stereocenters. The molecule has 0 aromatic carbocycles. The van der Waals surface area contributed by atoms with Gasteiger partial charge in [-0.15, -0.1) is 0 Å². The Bertz CT molecular complexity index is 341. The van der Waals surface area contributed by atoms with Gasteiger partial charge >= 0.3 is 0 Å². The molecule has 1 heterocycles. The van der Waals surface area contributed by atoms with E-state index in [0.29, 0.717) is 0 Å². The third-order valence-electron chi connectivity index (χ3n) is 2.68. The van der Waals surface area contributed by atoms with Crippen LogP contribution in [0.25, 0.3) is 0 Å². The molecule has 0 atom stereocenters. The molecule has 0 amide bonds. The van der Waals surface area contributed by atoms with E-state index >= 15 is 0 Å². The van der Waals surface area contributed by atoms with Crippen LogP contribution in [-0.2, 0) is 11.3 Å². The second-order valence-corrected chi connectivity index (χ2v) is 4.18. The first kappa shape index (κ1) is 13.9. The molecular weight excluding hydrogens is 214 g/mol. The summed E-state index contributed by atoms with van der Waals surface area (Å²) in [6, 6.07) is 2.19. The summed E-state index contributed by atoms with van der Waals surface area (Å²) in [6.07, 6.45) is 1.94. The van der Waals surface area contributed by atoms with Gasteiger partial charge in [0.1, 0.15) is 5.82 Å². The van der Waals surface area contributed by atoms with Crippen LogP contribution in [0.15, 0.2) is 12.3 Å². The molecule has 96 valence electrons. The fourth-order valence-electron chi connectivity index (χ4n) is 1.73. The lowest BCUT2D eigenvalue weighted by Gasteiger charge is -2.20. The Morgan fingerprint density at radius 3 is 2.82 bits per heavy atom. The normalized spacial score (nSPS) is 10.6. The molecule has 1 rings (SSSR count). The van der Waals surface area contributed by atoms with Crippen molar-refractivity contribution in [2.75, 3.05) is 38.8 Å². The van der Waals surface area contributed by atoms with E-state index in [9.17, 15) is 0 Å². The fourth-order valence-corrected chi connectivity index (χ4v) is 1.73. The van der Waals surface area contributed by atoms with Gasteiger partial charge < -0.3 is 15.0 Å². The van der Waals surface area contributed by atoms with Gasteiger partial charge in [0.2, 0.25) is 0 Å². The number of rotatable bonds is 7. The summed E-state index contributed by atoms with van der Waals surface area (Å²) in [4.78, 5) is 6.64. The fraction of sp³-hybridized carbons (Fsp3) is 0.615. The second-order valence-electron chi connectivity index (χ2n) is 4.18. The first-order valence-corrected chi connectivity index (χ1v) is 6.05. The Labute approximate surface area is 104 Å². The molecular formula is C13H23N3O. The highest BCUT2D eigenvalue weighted by atomic mass is 16.5. The second kappa shape index (κ2) is 7.25. The van der Waals surface area contributed by atoms with Gasteiger partial charge in [0.05, 0.1) is 6.61 Å². The van der Waals surface area contributed by atoms with E-state index in [2.05, 4.69) is 35.1 Å². The van der Waals surface area contributed by atoms with Crippen molar-refractivity contribution in [1.29, 1.82) is 0 Å². The molecule has 0 bridgehead atoms. The van der Waals surface area contributed by atoms with Crippen molar-refractivity contribution in [2.45, 2.75) is 20.4 Å². The molecule has 4 nitrogen and oxygen atoms in total. The van der Waals surface area contributed by atoms with Crippen molar-refractivity contribution in [3.05, 3.63) is 23.4 Å². The molecule has 17 heavy (non-hydrogen) atoms. The van der Waals surface area contributed by atoms with Crippen molar-refractivity contribution < 1.29 is 4.74 Å². The molecule has 1 aromatic heterocycles. The van der Waals surface area contributed by atoms with E-state index < -0.39 is 0 Å². The number of nitrogens with zero attached hydrogens (tertiary/aromatic N) is 2. The largest absolute Gasteiger partial charge is 0.383 e. The average Bonchev–Trinajstić information content (AvgIpc) is 2.33. The Balaban J connectivity index is 2.68. The minimum atomic E-state index is 0.719. The SMILES string of the molecule is CCNCc1cnc(N(C)CCOC)c(C)c1. The minimum absolute atomic E-state index is 0.719. The highest BCUT2D eigenvalue weighted by molar-refractivity contribution is 5.46. The maximum Gasteiger partial charge on any atom is 0.131 e. The quantitative estimate of drug-likeness (QED) is 0.781. The Morgan fingerprint density at radius 2 is 2.24 bits per heavy atom. The molecule has 0 aliphatic rings. The summed E-state index contributed by atoms with van der Waals surface area (Å²) < 4.78 is 5.07. The van der Waals surface area contributed by atoms with Crippen LogP contribution in [0.5, 0.6) is 0 Å². The van der Waals surface area contributed by atoms with E-state index in [4.69, 9.17) is 4.74 Å². The zero-order valence-electron chi connectivity index (χ0n) is 11.3. The molecule has 4 heteroatoms. The number of hydrogen-bond acceptors (Lipinski definition) is 4.